The van der Waals surface area contributed by atoms with Crippen molar-refractivity contribution in [2.24, 2.45) is 5.14 Å². The number of esters is 1. The van der Waals surface area contributed by atoms with Crippen molar-refractivity contribution in [1.29, 1.82) is 0 Å². The highest BCUT2D eigenvalue weighted by Gasteiger charge is 2.13. The van der Waals surface area contributed by atoms with Crippen LogP contribution in [0, 0.1) is 0 Å². The Balaban J connectivity index is 1.84. The molecule has 0 aliphatic carbocycles. The van der Waals surface area contributed by atoms with Gasteiger partial charge >= 0.3 is 5.97 Å². The van der Waals surface area contributed by atoms with Crippen molar-refractivity contribution in [3.63, 3.8) is 0 Å². The maximum atomic E-state index is 11.8. The van der Waals surface area contributed by atoms with Crippen LogP contribution in [-0.2, 0) is 24.3 Å². The van der Waals surface area contributed by atoms with Gasteiger partial charge in [0, 0.05) is 11.8 Å². The Kier molecular flexibility index (Phi) is 7.50. The third kappa shape index (κ3) is 6.54. The molecule has 0 aliphatic heterocycles. The molecule has 0 saturated heterocycles. The van der Waals surface area contributed by atoms with Crippen LogP contribution in [0.1, 0.15) is 0 Å². The number of hydrogen-bond acceptors (Lipinski definition) is 6. The minimum Gasteiger partial charge on any atom is -0.480 e. The fraction of sp³-hybridized carbons (Fsp3) is 0.125. The minimum atomic E-state index is -3.91. The van der Waals surface area contributed by atoms with E-state index in [9.17, 15) is 18.0 Å². The van der Waals surface area contributed by atoms with Gasteiger partial charge in [0.1, 0.15) is 5.75 Å². The van der Waals surface area contributed by atoms with Gasteiger partial charge in [-0.3, -0.25) is 4.79 Å². The summed E-state index contributed by atoms with van der Waals surface area (Å²) in [6.45, 7) is -1.14. The number of sulfonamides is 1. The largest absolute Gasteiger partial charge is 0.480 e. The Morgan fingerprint density at radius 2 is 1.68 bits per heavy atom. The van der Waals surface area contributed by atoms with Gasteiger partial charge in [-0.1, -0.05) is 40.9 Å². The normalized spacial score (nSPS) is 11.0. The predicted octanol–water partition coefficient (Wildman–Crippen LogP) is 2.85. The first-order chi connectivity index (χ1) is 13.1. The van der Waals surface area contributed by atoms with E-state index in [1.165, 1.54) is 36.4 Å². The smallest absolute Gasteiger partial charge is 0.344 e. The van der Waals surface area contributed by atoms with Crippen molar-refractivity contribution in [3.05, 3.63) is 51.5 Å². The number of anilines is 1. The fourth-order valence-electron chi connectivity index (χ4n) is 1.89. The molecule has 0 aliphatic rings. The summed E-state index contributed by atoms with van der Waals surface area (Å²) in [4.78, 5) is 23.4. The molecule has 0 bridgehead atoms. The molecule has 1 amide bonds. The number of ether oxygens (including phenoxy) is 2. The molecule has 0 spiro atoms. The van der Waals surface area contributed by atoms with E-state index in [0.29, 0.717) is 0 Å². The molecule has 2 rings (SSSR count). The number of rotatable bonds is 7. The van der Waals surface area contributed by atoms with Gasteiger partial charge in [-0.25, -0.2) is 18.4 Å². The molecule has 8 nitrogen and oxygen atoms in total. The van der Waals surface area contributed by atoms with Gasteiger partial charge in [0.2, 0.25) is 10.0 Å². The highest BCUT2D eigenvalue weighted by Crippen LogP contribution is 2.33. The molecule has 0 saturated carbocycles. The van der Waals surface area contributed by atoms with Gasteiger partial charge in [-0.05, 0) is 24.3 Å². The Morgan fingerprint density at radius 1 is 1.00 bits per heavy atom. The van der Waals surface area contributed by atoms with Crippen molar-refractivity contribution >= 4 is 62.4 Å². The van der Waals surface area contributed by atoms with Gasteiger partial charge in [-0.15, -0.1) is 0 Å². The van der Waals surface area contributed by atoms with Crippen LogP contribution in [0.3, 0.4) is 0 Å². The molecule has 3 N–H and O–H groups in total. The standard InChI is InChI=1S/C16H13Cl3N2O6S/c17-11-5-13(19)14(6-12(11)18)26-8-16(23)27-7-15(22)21-9-2-1-3-10(4-9)28(20,24)25/h1-6H,7-8H2,(H,21,22)(H2,20,24,25). The monoisotopic (exact) mass is 466 g/mol. The van der Waals surface area contributed by atoms with E-state index in [-0.39, 0.29) is 31.4 Å². The van der Waals surface area contributed by atoms with Crippen LogP contribution in [0.4, 0.5) is 5.69 Å². The van der Waals surface area contributed by atoms with Crippen LogP contribution in [0.15, 0.2) is 41.3 Å². The Hall–Kier alpha value is -2.04. The number of carbonyl (C=O) groups excluding carboxylic acids is 2. The van der Waals surface area contributed by atoms with Crippen molar-refractivity contribution in [1.82, 2.24) is 0 Å². The molecular formula is C16H13Cl3N2O6S. The molecule has 150 valence electrons. The SMILES string of the molecule is NS(=O)(=O)c1cccc(NC(=O)COC(=O)COc2cc(Cl)c(Cl)cc2Cl)c1. The number of nitrogens with one attached hydrogen (secondary N) is 1. The molecule has 2 aromatic rings. The summed E-state index contributed by atoms with van der Waals surface area (Å²) in [6, 6.07) is 7.99. The third-order valence-corrected chi connectivity index (χ3v) is 5.06. The summed E-state index contributed by atoms with van der Waals surface area (Å²) in [5, 5.41) is 7.96. The van der Waals surface area contributed by atoms with E-state index in [0.717, 1.165) is 0 Å². The molecular weight excluding hydrogens is 455 g/mol. The number of halogens is 3. The summed E-state index contributed by atoms with van der Waals surface area (Å²) in [7, 11) is -3.91. The number of hydrogen-bond donors (Lipinski definition) is 2. The minimum absolute atomic E-state index is 0.122. The lowest BCUT2D eigenvalue weighted by Gasteiger charge is -2.10. The molecule has 0 aromatic heterocycles. The molecule has 0 radical (unpaired) electrons. The predicted molar refractivity (Wildman–Crippen MR) is 104 cm³/mol. The summed E-state index contributed by atoms with van der Waals surface area (Å²) < 4.78 is 32.5. The molecule has 0 atom stereocenters. The van der Waals surface area contributed by atoms with Crippen LogP contribution in [0.2, 0.25) is 15.1 Å². The van der Waals surface area contributed by atoms with Crippen molar-refractivity contribution in [2.45, 2.75) is 4.90 Å². The van der Waals surface area contributed by atoms with E-state index in [4.69, 9.17) is 49.4 Å². The first-order valence-corrected chi connectivity index (χ1v) is 10.1. The second-order valence-corrected chi connectivity index (χ2v) is 8.05. The summed E-state index contributed by atoms with van der Waals surface area (Å²) in [6.07, 6.45) is 0. The second-order valence-electron chi connectivity index (χ2n) is 5.27. The fourth-order valence-corrected chi connectivity index (χ4v) is 3.04. The van der Waals surface area contributed by atoms with Gasteiger partial charge in [-0.2, -0.15) is 0 Å². The Labute approximate surface area is 175 Å². The van der Waals surface area contributed by atoms with Gasteiger partial charge < -0.3 is 14.8 Å². The second kappa shape index (κ2) is 9.44. The summed E-state index contributed by atoms with van der Waals surface area (Å²) in [5.74, 6) is -1.40. The zero-order valence-electron chi connectivity index (χ0n) is 13.9. The maximum absolute atomic E-state index is 11.8. The molecule has 2 aromatic carbocycles. The van der Waals surface area contributed by atoms with Gasteiger partial charge in [0.15, 0.2) is 13.2 Å². The summed E-state index contributed by atoms with van der Waals surface area (Å²) >= 11 is 17.5. The number of primary sulfonamides is 1. The average molecular weight is 468 g/mol. The molecule has 28 heavy (non-hydrogen) atoms. The van der Waals surface area contributed by atoms with Crippen LogP contribution < -0.4 is 15.2 Å². The Bertz CT molecular complexity index is 1010. The average Bonchev–Trinajstić information content (AvgIpc) is 2.61. The van der Waals surface area contributed by atoms with E-state index in [2.05, 4.69) is 5.32 Å². The highest BCUT2D eigenvalue weighted by atomic mass is 35.5. The van der Waals surface area contributed by atoms with E-state index in [1.54, 1.807) is 0 Å². The molecule has 0 unspecified atom stereocenters. The molecule has 12 heteroatoms. The zero-order chi connectivity index (χ0) is 20.9. The number of amides is 1. The highest BCUT2D eigenvalue weighted by molar-refractivity contribution is 7.89. The third-order valence-electron chi connectivity index (χ3n) is 3.13. The van der Waals surface area contributed by atoms with Crippen LogP contribution in [-0.4, -0.2) is 33.5 Å². The van der Waals surface area contributed by atoms with Gasteiger partial charge in [0.25, 0.3) is 5.91 Å². The molecule has 0 heterocycles. The van der Waals surface area contributed by atoms with E-state index < -0.39 is 35.1 Å². The van der Waals surface area contributed by atoms with Crippen molar-refractivity contribution < 1.29 is 27.5 Å². The molecule has 0 fully saturated rings. The van der Waals surface area contributed by atoms with Crippen LogP contribution in [0.5, 0.6) is 5.75 Å². The van der Waals surface area contributed by atoms with Crippen molar-refractivity contribution in [3.8, 4) is 5.75 Å². The van der Waals surface area contributed by atoms with Gasteiger partial charge in [0.05, 0.1) is 20.0 Å². The maximum Gasteiger partial charge on any atom is 0.344 e. The number of benzene rings is 2. The number of carbonyl (C=O) groups is 2. The zero-order valence-corrected chi connectivity index (χ0v) is 17.0. The van der Waals surface area contributed by atoms with E-state index in [1.807, 2.05) is 0 Å². The van der Waals surface area contributed by atoms with Crippen molar-refractivity contribution in [2.75, 3.05) is 18.5 Å². The first-order valence-electron chi connectivity index (χ1n) is 7.42. The topological polar surface area (TPSA) is 125 Å². The number of nitrogens with two attached hydrogens (primary N) is 1. The van der Waals surface area contributed by atoms with E-state index >= 15 is 0 Å². The lowest BCUT2D eigenvalue weighted by Crippen LogP contribution is -2.24. The quantitative estimate of drug-likeness (QED) is 0.476. The lowest BCUT2D eigenvalue weighted by molar-refractivity contribution is -0.149. The van der Waals surface area contributed by atoms with Crippen LogP contribution >= 0.6 is 34.8 Å². The van der Waals surface area contributed by atoms with Crippen LogP contribution in [0.25, 0.3) is 0 Å². The Morgan fingerprint density at radius 3 is 2.36 bits per heavy atom. The lowest BCUT2D eigenvalue weighted by atomic mass is 10.3. The first kappa shape index (κ1) is 22.3. The summed E-state index contributed by atoms with van der Waals surface area (Å²) in [5.41, 5.74) is 0.173.